The minimum absolute atomic E-state index is 0.0910. The molecule has 49 heavy (non-hydrogen) atoms. The maximum Gasteiger partial charge on any atom is 0.321 e. The number of hydrogen-bond donors (Lipinski definition) is 2. The minimum atomic E-state index is -0.855. The van der Waals surface area contributed by atoms with E-state index in [0.29, 0.717) is 31.9 Å². The summed E-state index contributed by atoms with van der Waals surface area (Å²) in [5.41, 5.74) is 11.1. The number of benzene rings is 4. The second-order valence-electron chi connectivity index (χ2n) is 13.6. The van der Waals surface area contributed by atoms with Crippen LogP contribution in [0.2, 0.25) is 0 Å². The van der Waals surface area contributed by atoms with Gasteiger partial charge in [0.2, 0.25) is 0 Å². The zero-order chi connectivity index (χ0) is 34.0. The van der Waals surface area contributed by atoms with Crippen molar-refractivity contribution in [3.8, 4) is 5.75 Å². The van der Waals surface area contributed by atoms with Crippen molar-refractivity contribution in [2.75, 3.05) is 12.3 Å². The van der Waals surface area contributed by atoms with E-state index in [9.17, 15) is 0 Å². The Hall–Kier alpha value is -4.86. The number of amides is 2. The molecule has 2 aliphatic heterocycles. The number of rotatable bonds is 11. The number of unbranched alkanes of at least 4 members (excludes halogenated alkanes) is 1. The quantitative estimate of drug-likeness (QED) is 0.141. The number of carbonyl (C=O) groups is 1. The molecule has 3 heterocycles. The van der Waals surface area contributed by atoms with Gasteiger partial charge >= 0.3 is 6.03 Å². The number of aromatic nitrogens is 2. The molecule has 5 aromatic rings. The summed E-state index contributed by atoms with van der Waals surface area (Å²) in [5, 5.41) is 8.01. The van der Waals surface area contributed by atoms with Crippen LogP contribution in [0.3, 0.4) is 0 Å². The Morgan fingerprint density at radius 3 is 2.31 bits per heavy atom. The number of fused-ring (bicyclic) bond motifs is 2. The predicted octanol–water partition coefficient (Wildman–Crippen LogP) is 7.63. The van der Waals surface area contributed by atoms with Gasteiger partial charge in [0.15, 0.2) is 11.6 Å². The topological polar surface area (TPSA) is 106 Å². The lowest BCUT2D eigenvalue weighted by atomic mass is 9.90. The average Bonchev–Trinajstić information content (AvgIpc) is 3.62. The van der Waals surface area contributed by atoms with E-state index in [1.54, 1.807) is 0 Å². The number of urea groups is 1. The highest BCUT2D eigenvalue weighted by Gasteiger charge is 2.56. The van der Waals surface area contributed by atoms with Crippen LogP contribution >= 0.6 is 0 Å². The molecular weight excluding hydrogens is 614 g/mol. The van der Waals surface area contributed by atoms with Gasteiger partial charge in [0.05, 0.1) is 24.2 Å². The SMILES string of the molecule is CCCCOc1cccc(CN2C(=O)N(Cc3ccc4[nH]nc(N)c4c3)[C@H](Cc3ccccc3)[C@@H]3OC(C)(C)O[C@H]3C2c2ccccc2)c1. The molecule has 2 aliphatic rings. The van der Waals surface area contributed by atoms with Gasteiger partial charge in [0.25, 0.3) is 0 Å². The van der Waals surface area contributed by atoms with E-state index >= 15 is 4.79 Å². The Kier molecular flexibility index (Phi) is 9.29. The monoisotopic (exact) mass is 659 g/mol. The van der Waals surface area contributed by atoms with Crippen LogP contribution in [0, 0.1) is 0 Å². The van der Waals surface area contributed by atoms with Gasteiger partial charge < -0.3 is 29.7 Å². The number of hydrogen-bond acceptors (Lipinski definition) is 6. The molecule has 3 N–H and O–H groups in total. The summed E-state index contributed by atoms with van der Waals surface area (Å²) >= 11 is 0. The van der Waals surface area contributed by atoms with Crippen molar-refractivity contribution < 1.29 is 19.0 Å². The molecule has 2 fully saturated rings. The van der Waals surface area contributed by atoms with Crippen LogP contribution in [0.1, 0.15) is 61.9 Å². The molecule has 1 unspecified atom stereocenters. The summed E-state index contributed by atoms with van der Waals surface area (Å²) in [6.45, 7) is 7.44. The molecule has 0 aliphatic carbocycles. The summed E-state index contributed by atoms with van der Waals surface area (Å²) in [4.78, 5) is 19.3. The molecule has 0 radical (unpaired) electrons. The molecule has 7 rings (SSSR count). The molecule has 2 amide bonds. The lowest BCUT2D eigenvalue weighted by Crippen LogP contribution is -2.50. The van der Waals surface area contributed by atoms with Crippen LogP contribution in [0.5, 0.6) is 5.75 Å². The number of ether oxygens (including phenoxy) is 3. The maximum absolute atomic E-state index is 15.4. The number of carbonyl (C=O) groups excluding carboxylic acids is 1. The number of H-pyrrole nitrogens is 1. The molecule has 4 atom stereocenters. The first-order valence-corrected chi connectivity index (χ1v) is 17.3. The second kappa shape index (κ2) is 13.9. The lowest BCUT2D eigenvalue weighted by molar-refractivity contribution is -0.158. The van der Waals surface area contributed by atoms with Crippen LogP contribution < -0.4 is 10.5 Å². The molecule has 1 aromatic heterocycles. The van der Waals surface area contributed by atoms with E-state index in [4.69, 9.17) is 19.9 Å². The van der Waals surface area contributed by atoms with Gasteiger partial charge in [-0.15, -0.1) is 0 Å². The van der Waals surface area contributed by atoms with Crippen molar-refractivity contribution in [2.45, 2.75) is 83.2 Å². The van der Waals surface area contributed by atoms with Crippen LogP contribution in [0.4, 0.5) is 10.6 Å². The van der Waals surface area contributed by atoms with Crippen molar-refractivity contribution in [3.05, 3.63) is 125 Å². The number of aromatic amines is 1. The van der Waals surface area contributed by atoms with E-state index in [1.165, 1.54) is 0 Å². The number of nitrogens with zero attached hydrogens (tertiary/aromatic N) is 3. The Morgan fingerprint density at radius 1 is 0.837 bits per heavy atom. The van der Waals surface area contributed by atoms with Crippen LogP contribution in [0.15, 0.2) is 103 Å². The highest BCUT2D eigenvalue weighted by atomic mass is 16.8. The summed E-state index contributed by atoms with van der Waals surface area (Å²) in [7, 11) is 0. The Morgan fingerprint density at radius 2 is 1.53 bits per heavy atom. The van der Waals surface area contributed by atoms with Crippen LogP contribution in [-0.4, -0.2) is 56.7 Å². The number of anilines is 1. The fourth-order valence-electron chi connectivity index (χ4n) is 7.23. The number of nitrogen functional groups attached to an aromatic ring is 1. The largest absolute Gasteiger partial charge is 0.494 e. The predicted molar refractivity (Wildman–Crippen MR) is 191 cm³/mol. The van der Waals surface area contributed by atoms with Crippen molar-refractivity contribution >= 4 is 22.8 Å². The van der Waals surface area contributed by atoms with E-state index in [2.05, 4.69) is 47.5 Å². The first-order chi connectivity index (χ1) is 23.8. The maximum atomic E-state index is 15.4. The zero-order valence-corrected chi connectivity index (χ0v) is 28.4. The third-order valence-electron chi connectivity index (χ3n) is 9.54. The Labute approximate surface area is 288 Å². The first kappa shape index (κ1) is 32.7. The number of nitrogens with one attached hydrogen (secondary N) is 1. The first-order valence-electron chi connectivity index (χ1n) is 17.3. The zero-order valence-electron chi connectivity index (χ0n) is 28.4. The number of nitrogens with two attached hydrogens (primary N) is 1. The minimum Gasteiger partial charge on any atom is -0.494 e. The van der Waals surface area contributed by atoms with Crippen molar-refractivity contribution in [1.29, 1.82) is 0 Å². The summed E-state index contributed by atoms with van der Waals surface area (Å²) in [6, 6.07) is 33.8. The summed E-state index contributed by atoms with van der Waals surface area (Å²) in [6.07, 6.45) is 1.79. The van der Waals surface area contributed by atoms with Gasteiger partial charge in [0, 0.05) is 18.5 Å². The fourth-order valence-corrected chi connectivity index (χ4v) is 7.23. The highest BCUT2D eigenvalue weighted by Crippen LogP contribution is 2.45. The Balaban J connectivity index is 1.35. The standard InChI is InChI=1S/C40H45N5O4/c1-4-5-21-47-31-18-12-15-28(22-31)26-45-35(30-16-10-7-11-17-30)37-36(48-40(2,3)49-37)34(24-27-13-8-6-9-14-27)44(39(45)46)25-29-19-20-33-32(23-29)38(41)43-42-33/h6-20,22-23,34-37H,4-5,21,24-26H2,1-3H3,(H3,41,42,43)/t34-,35?,36+,37+/m1/s1. The molecule has 9 heteroatoms. The van der Waals surface area contributed by atoms with Crippen molar-refractivity contribution in [3.63, 3.8) is 0 Å². The summed E-state index contributed by atoms with van der Waals surface area (Å²) in [5.74, 6) is 0.376. The van der Waals surface area contributed by atoms with E-state index in [-0.39, 0.29) is 12.1 Å². The molecule has 0 bridgehead atoms. The average molecular weight is 660 g/mol. The van der Waals surface area contributed by atoms with E-state index in [1.807, 2.05) is 96.4 Å². The van der Waals surface area contributed by atoms with Crippen molar-refractivity contribution in [2.24, 2.45) is 0 Å². The van der Waals surface area contributed by atoms with Gasteiger partial charge in [-0.25, -0.2) is 4.79 Å². The van der Waals surface area contributed by atoms with Gasteiger partial charge in [-0.05, 0) is 73.2 Å². The normalized spacial score (nSPS) is 21.9. The highest BCUT2D eigenvalue weighted by molar-refractivity contribution is 5.89. The smallest absolute Gasteiger partial charge is 0.321 e. The lowest BCUT2D eigenvalue weighted by Gasteiger charge is -2.37. The fraction of sp³-hybridized carbons (Fsp3) is 0.350. The molecule has 2 saturated heterocycles. The van der Waals surface area contributed by atoms with E-state index < -0.39 is 24.0 Å². The second-order valence-corrected chi connectivity index (χ2v) is 13.6. The molecule has 0 spiro atoms. The Bertz CT molecular complexity index is 1880. The van der Waals surface area contributed by atoms with Crippen molar-refractivity contribution in [1.82, 2.24) is 20.0 Å². The van der Waals surface area contributed by atoms with Crippen LogP contribution in [0.25, 0.3) is 10.9 Å². The summed E-state index contributed by atoms with van der Waals surface area (Å²) < 4.78 is 19.8. The third kappa shape index (κ3) is 7.00. The third-order valence-corrected chi connectivity index (χ3v) is 9.54. The van der Waals surface area contributed by atoms with E-state index in [0.717, 1.165) is 51.7 Å². The van der Waals surface area contributed by atoms with Gasteiger partial charge in [0.1, 0.15) is 18.0 Å². The van der Waals surface area contributed by atoms with Crippen LogP contribution in [-0.2, 0) is 29.0 Å². The van der Waals surface area contributed by atoms with Gasteiger partial charge in [-0.2, -0.15) is 5.10 Å². The van der Waals surface area contributed by atoms with Gasteiger partial charge in [-0.1, -0.05) is 92.2 Å². The molecule has 254 valence electrons. The molecule has 0 saturated carbocycles. The van der Waals surface area contributed by atoms with Gasteiger partial charge in [-0.3, -0.25) is 5.10 Å². The molecular formula is C40H45N5O4. The molecule has 4 aromatic carbocycles. The molecule has 9 nitrogen and oxygen atoms in total.